The summed E-state index contributed by atoms with van der Waals surface area (Å²) < 4.78 is 4.88. The summed E-state index contributed by atoms with van der Waals surface area (Å²) in [6, 6.07) is 1.83. The molecule has 0 radical (unpaired) electrons. The Bertz CT molecular complexity index is 235. The molecule has 0 aromatic carbocycles. The first kappa shape index (κ1) is 10.1. The number of ether oxygens (including phenoxy) is 1. The van der Waals surface area contributed by atoms with Gasteiger partial charge in [0.15, 0.2) is 5.78 Å². The number of hydrogen-bond donors (Lipinski definition) is 2. The zero-order valence-electron chi connectivity index (χ0n) is 7.01. The average Bonchev–Trinajstić information content (AvgIpc) is 2.44. The maximum absolute atomic E-state index is 11.2. The summed E-state index contributed by atoms with van der Waals surface area (Å²) in [5.74, 6) is -0.328. The fraction of sp³-hybridized carbons (Fsp3) is 0.750. The Labute approximate surface area is 75.5 Å². The SMILES string of the molecule is N#CCCC(=O)[C@H]1OC[C@H](O)[C@H]1O. The topological polar surface area (TPSA) is 90.6 Å². The molecule has 0 aromatic rings. The smallest absolute Gasteiger partial charge is 0.165 e. The quantitative estimate of drug-likeness (QED) is 0.587. The molecule has 0 bridgehead atoms. The van der Waals surface area contributed by atoms with Crippen molar-refractivity contribution in [2.75, 3.05) is 6.61 Å². The van der Waals surface area contributed by atoms with E-state index in [1.54, 1.807) is 0 Å². The number of ketones is 1. The van der Waals surface area contributed by atoms with Gasteiger partial charge in [-0.05, 0) is 0 Å². The van der Waals surface area contributed by atoms with Crippen LogP contribution in [-0.2, 0) is 9.53 Å². The molecule has 0 aliphatic carbocycles. The summed E-state index contributed by atoms with van der Waals surface area (Å²) in [4.78, 5) is 11.2. The first-order chi connectivity index (χ1) is 6.16. The molecule has 5 heteroatoms. The molecule has 1 fully saturated rings. The van der Waals surface area contributed by atoms with Crippen molar-refractivity contribution in [2.45, 2.75) is 31.2 Å². The van der Waals surface area contributed by atoms with Crippen LogP contribution in [0.3, 0.4) is 0 Å². The number of hydrogen-bond acceptors (Lipinski definition) is 5. The van der Waals surface area contributed by atoms with Crippen LogP contribution in [0.5, 0.6) is 0 Å². The number of carbonyl (C=O) groups is 1. The van der Waals surface area contributed by atoms with Crippen LogP contribution in [-0.4, -0.2) is 40.9 Å². The molecule has 0 amide bonds. The van der Waals surface area contributed by atoms with Gasteiger partial charge in [-0.1, -0.05) is 0 Å². The Kier molecular flexibility index (Phi) is 3.37. The molecular formula is C8H11NO4. The second kappa shape index (κ2) is 4.33. The van der Waals surface area contributed by atoms with Crippen molar-refractivity contribution < 1.29 is 19.7 Å². The average molecular weight is 185 g/mol. The lowest BCUT2D eigenvalue weighted by molar-refractivity contribution is -0.131. The van der Waals surface area contributed by atoms with Crippen molar-refractivity contribution in [2.24, 2.45) is 0 Å². The number of aliphatic hydroxyl groups excluding tert-OH is 2. The number of Topliss-reactive ketones (excluding diaryl/α,β-unsaturated/α-hetero) is 1. The highest BCUT2D eigenvalue weighted by Gasteiger charge is 2.38. The van der Waals surface area contributed by atoms with Crippen molar-refractivity contribution in [3.05, 3.63) is 0 Å². The van der Waals surface area contributed by atoms with Gasteiger partial charge in [-0.2, -0.15) is 5.26 Å². The predicted octanol–water partition coefficient (Wildman–Crippen LogP) is -1.02. The summed E-state index contributed by atoms with van der Waals surface area (Å²) >= 11 is 0. The van der Waals surface area contributed by atoms with Crippen molar-refractivity contribution in [1.82, 2.24) is 0 Å². The molecule has 2 N–H and O–H groups in total. The summed E-state index contributed by atoms with van der Waals surface area (Å²) in [5.41, 5.74) is 0. The second-order valence-corrected chi connectivity index (χ2v) is 2.94. The van der Waals surface area contributed by atoms with E-state index in [4.69, 9.17) is 15.1 Å². The van der Waals surface area contributed by atoms with E-state index in [9.17, 15) is 9.90 Å². The molecule has 1 saturated heterocycles. The second-order valence-electron chi connectivity index (χ2n) is 2.94. The Balaban J connectivity index is 2.44. The van der Waals surface area contributed by atoms with Gasteiger partial charge in [-0.3, -0.25) is 4.79 Å². The third-order valence-corrected chi connectivity index (χ3v) is 1.95. The minimum Gasteiger partial charge on any atom is -0.388 e. The standard InChI is InChI=1S/C8H11NO4/c9-3-1-2-5(10)8-7(12)6(11)4-13-8/h6-8,11-12H,1-2,4H2/t6-,7+,8+/m0/s1. The molecule has 1 rings (SSSR count). The zero-order valence-corrected chi connectivity index (χ0v) is 7.01. The molecular weight excluding hydrogens is 174 g/mol. The Morgan fingerprint density at radius 2 is 2.31 bits per heavy atom. The van der Waals surface area contributed by atoms with Crippen LogP contribution in [0.15, 0.2) is 0 Å². The van der Waals surface area contributed by atoms with E-state index in [2.05, 4.69) is 0 Å². The molecule has 1 aliphatic rings. The van der Waals surface area contributed by atoms with Gasteiger partial charge in [0.05, 0.1) is 12.7 Å². The van der Waals surface area contributed by atoms with Crippen LogP contribution in [0.25, 0.3) is 0 Å². The first-order valence-electron chi connectivity index (χ1n) is 4.04. The highest BCUT2D eigenvalue weighted by atomic mass is 16.5. The van der Waals surface area contributed by atoms with Gasteiger partial charge in [0.25, 0.3) is 0 Å². The molecule has 1 heterocycles. The summed E-state index contributed by atoms with van der Waals surface area (Å²) in [6.07, 6.45) is -2.92. The monoisotopic (exact) mass is 185 g/mol. The molecule has 0 unspecified atom stereocenters. The van der Waals surface area contributed by atoms with Crippen molar-refractivity contribution in [3.8, 4) is 6.07 Å². The molecule has 13 heavy (non-hydrogen) atoms. The Morgan fingerprint density at radius 1 is 1.62 bits per heavy atom. The number of aliphatic hydroxyl groups is 2. The Morgan fingerprint density at radius 3 is 2.77 bits per heavy atom. The van der Waals surface area contributed by atoms with Crippen LogP contribution >= 0.6 is 0 Å². The molecule has 0 spiro atoms. The molecule has 5 nitrogen and oxygen atoms in total. The lowest BCUT2D eigenvalue weighted by Crippen LogP contribution is -2.35. The van der Waals surface area contributed by atoms with E-state index in [0.29, 0.717) is 0 Å². The lowest BCUT2D eigenvalue weighted by Gasteiger charge is -2.12. The predicted molar refractivity (Wildman–Crippen MR) is 41.6 cm³/mol. The van der Waals surface area contributed by atoms with Crippen LogP contribution < -0.4 is 0 Å². The van der Waals surface area contributed by atoms with Crippen LogP contribution in [0.1, 0.15) is 12.8 Å². The highest BCUT2D eigenvalue weighted by Crippen LogP contribution is 2.16. The minimum absolute atomic E-state index is 0.0237. The lowest BCUT2D eigenvalue weighted by atomic mass is 10.0. The summed E-state index contributed by atoms with van der Waals surface area (Å²) in [7, 11) is 0. The van der Waals surface area contributed by atoms with Gasteiger partial charge in [0.1, 0.15) is 18.3 Å². The van der Waals surface area contributed by atoms with Gasteiger partial charge in [0, 0.05) is 12.8 Å². The van der Waals surface area contributed by atoms with E-state index in [1.807, 2.05) is 6.07 Å². The third-order valence-electron chi connectivity index (χ3n) is 1.95. The Hall–Kier alpha value is -0.960. The van der Waals surface area contributed by atoms with E-state index in [-0.39, 0.29) is 25.2 Å². The van der Waals surface area contributed by atoms with E-state index >= 15 is 0 Å². The number of nitrogens with zero attached hydrogens (tertiary/aromatic N) is 1. The maximum atomic E-state index is 11.2. The number of nitriles is 1. The zero-order chi connectivity index (χ0) is 9.84. The van der Waals surface area contributed by atoms with Crippen LogP contribution in [0.4, 0.5) is 0 Å². The minimum atomic E-state index is -1.15. The van der Waals surface area contributed by atoms with E-state index < -0.39 is 18.3 Å². The molecule has 72 valence electrons. The van der Waals surface area contributed by atoms with Crippen molar-refractivity contribution in [1.29, 1.82) is 5.26 Å². The maximum Gasteiger partial charge on any atom is 0.165 e. The van der Waals surface area contributed by atoms with Gasteiger partial charge >= 0.3 is 0 Å². The molecule has 0 saturated carbocycles. The molecule has 0 aromatic heterocycles. The summed E-state index contributed by atoms with van der Waals surface area (Å²) in [5, 5.41) is 26.5. The van der Waals surface area contributed by atoms with Gasteiger partial charge in [-0.25, -0.2) is 0 Å². The van der Waals surface area contributed by atoms with Gasteiger partial charge < -0.3 is 14.9 Å². The molecule has 3 atom stereocenters. The van der Waals surface area contributed by atoms with Crippen LogP contribution in [0.2, 0.25) is 0 Å². The largest absolute Gasteiger partial charge is 0.388 e. The van der Waals surface area contributed by atoms with E-state index in [1.165, 1.54) is 0 Å². The third kappa shape index (κ3) is 2.25. The van der Waals surface area contributed by atoms with Crippen molar-refractivity contribution >= 4 is 5.78 Å². The van der Waals surface area contributed by atoms with Gasteiger partial charge in [0.2, 0.25) is 0 Å². The fourth-order valence-corrected chi connectivity index (χ4v) is 1.21. The number of carbonyl (C=O) groups excluding carboxylic acids is 1. The van der Waals surface area contributed by atoms with Gasteiger partial charge in [-0.15, -0.1) is 0 Å². The van der Waals surface area contributed by atoms with Crippen LogP contribution in [0, 0.1) is 11.3 Å². The normalized spacial score (nSPS) is 32.8. The summed E-state index contributed by atoms with van der Waals surface area (Å²) in [6.45, 7) is -0.0237. The first-order valence-corrected chi connectivity index (χ1v) is 4.04. The van der Waals surface area contributed by atoms with Crippen molar-refractivity contribution in [3.63, 3.8) is 0 Å². The molecule has 1 aliphatic heterocycles. The fourth-order valence-electron chi connectivity index (χ4n) is 1.21. The highest BCUT2D eigenvalue weighted by molar-refractivity contribution is 5.84. The van der Waals surface area contributed by atoms with E-state index in [0.717, 1.165) is 0 Å². The number of rotatable bonds is 3.